The van der Waals surface area contributed by atoms with Crippen molar-refractivity contribution in [2.24, 2.45) is 5.73 Å². The SMILES string of the molecule is C=C(/C=C\c1c(CCC)c(C(N)=O)c(N)n1-c1cc(O)ccc1C)C1=CCCC1. The first-order chi connectivity index (χ1) is 13.8. The first-order valence-corrected chi connectivity index (χ1v) is 10.0. The third kappa shape index (κ3) is 3.99. The van der Waals surface area contributed by atoms with Gasteiger partial charge in [-0.1, -0.05) is 38.1 Å². The summed E-state index contributed by atoms with van der Waals surface area (Å²) in [4.78, 5) is 12.2. The van der Waals surface area contributed by atoms with Gasteiger partial charge in [0.1, 0.15) is 11.6 Å². The standard InChI is InChI=1S/C24H29N3O2/c1-4-7-19-20(13-11-15(2)17-8-5-6-9-17)27(23(25)22(19)24(26)29)21-14-18(28)12-10-16(21)3/h8,10-14,28H,2,4-7,9,25H2,1,3H3,(H2,26,29)/b13-11-. The van der Waals surface area contributed by atoms with E-state index in [9.17, 15) is 9.90 Å². The molecule has 1 amide bonds. The molecule has 1 aliphatic carbocycles. The topological polar surface area (TPSA) is 94.3 Å². The summed E-state index contributed by atoms with van der Waals surface area (Å²) < 4.78 is 1.81. The number of aromatic hydroxyl groups is 1. The summed E-state index contributed by atoms with van der Waals surface area (Å²) in [6.45, 7) is 8.19. The zero-order valence-electron chi connectivity index (χ0n) is 17.2. The molecule has 3 rings (SSSR count). The van der Waals surface area contributed by atoms with Crippen molar-refractivity contribution < 1.29 is 9.90 Å². The molecule has 5 nitrogen and oxygen atoms in total. The van der Waals surface area contributed by atoms with Crippen LogP contribution in [0.3, 0.4) is 0 Å². The van der Waals surface area contributed by atoms with Crippen LogP contribution in [0.1, 0.15) is 59.8 Å². The number of nitrogen functional groups attached to an aromatic ring is 1. The molecule has 0 fully saturated rings. The molecule has 0 radical (unpaired) electrons. The molecule has 29 heavy (non-hydrogen) atoms. The van der Waals surface area contributed by atoms with E-state index in [2.05, 4.69) is 12.7 Å². The lowest BCUT2D eigenvalue weighted by Crippen LogP contribution is -2.15. The van der Waals surface area contributed by atoms with Crippen molar-refractivity contribution >= 4 is 17.8 Å². The Morgan fingerprint density at radius 1 is 1.38 bits per heavy atom. The predicted molar refractivity (Wildman–Crippen MR) is 119 cm³/mol. The number of anilines is 1. The first kappa shape index (κ1) is 20.5. The Labute approximate surface area is 172 Å². The number of rotatable bonds is 7. The van der Waals surface area contributed by atoms with Gasteiger partial charge in [-0.2, -0.15) is 0 Å². The van der Waals surface area contributed by atoms with Crippen LogP contribution in [-0.4, -0.2) is 15.6 Å². The van der Waals surface area contributed by atoms with Crippen LogP contribution in [-0.2, 0) is 6.42 Å². The normalized spacial score (nSPS) is 13.8. The molecule has 5 N–H and O–H groups in total. The summed E-state index contributed by atoms with van der Waals surface area (Å²) in [5.74, 6) is -0.124. The van der Waals surface area contributed by atoms with Crippen molar-refractivity contribution in [3.63, 3.8) is 0 Å². The second-order valence-corrected chi connectivity index (χ2v) is 7.52. The molecule has 1 heterocycles. The average Bonchev–Trinajstić information content (AvgIpc) is 3.29. The highest BCUT2D eigenvalue weighted by Crippen LogP contribution is 2.34. The van der Waals surface area contributed by atoms with E-state index in [1.165, 1.54) is 5.57 Å². The van der Waals surface area contributed by atoms with E-state index in [1.54, 1.807) is 12.1 Å². The molecule has 1 aliphatic rings. The third-order valence-electron chi connectivity index (χ3n) is 5.42. The molecule has 0 bridgehead atoms. The minimum absolute atomic E-state index is 0.131. The lowest BCUT2D eigenvalue weighted by Gasteiger charge is -2.14. The molecule has 152 valence electrons. The van der Waals surface area contributed by atoms with Gasteiger partial charge in [-0.3, -0.25) is 9.36 Å². The van der Waals surface area contributed by atoms with E-state index in [4.69, 9.17) is 11.5 Å². The fourth-order valence-electron chi connectivity index (χ4n) is 3.96. The number of hydrogen-bond donors (Lipinski definition) is 3. The largest absolute Gasteiger partial charge is 0.508 e. The van der Waals surface area contributed by atoms with Crippen molar-refractivity contribution in [3.05, 3.63) is 70.5 Å². The van der Waals surface area contributed by atoms with Crippen molar-refractivity contribution in [3.8, 4) is 11.4 Å². The molecule has 5 heteroatoms. The maximum atomic E-state index is 12.2. The van der Waals surface area contributed by atoms with Crippen molar-refractivity contribution in [2.75, 3.05) is 5.73 Å². The van der Waals surface area contributed by atoms with E-state index in [1.807, 2.05) is 36.6 Å². The highest BCUT2D eigenvalue weighted by atomic mass is 16.3. The van der Waals surface area contributed by atoms with Gasteiger partial charge in [0.05, 0.1) is 16.9 Å². The average molecular weight is 392 g/mol. The van der Waals surface area contributed by atoms with Crippen molar-refractivity contribution in [1.29, 1.82) is 0 Å². The minimum atomic E-state index is -0.547. The number of nitrogens with zero attached hydrogens (tertiary/aromatic N) is 1. The Morgan fingerprint density at radius 3 is 2.76 bits per heavy atom. The van der Waals surface area contributed by atoms with Crippen LogP contribution in [0.2, 0.25) is 0 Å². The summed E-state index contributed by atoms with van der Waals surface area (Å²) in [6, 6.07) is 5.10. The van der Waals surface area contributed by atoms with Crippen LogP contribution in [0.25, 0.3) is 11.8 Å². The van der Waals surface area contributed by atoms with Crippen LogP contribution in [0, 0.1) is 6.92 Å². The molecule has 2 aromatic rings. The van der Waals surface area contributed by atoms with Crippen LogP contribution >= 0.6 is 0 Å². The van der Waals surface area contributed by atoms with E-state index in [0.29, 0.717) is 17.8 Å². The van der Waals surface area contributed by atoms with Crippen LogP contribution in [0.15, 0.2) is 48.1 Å². The number of allylic oxidation sites excluding steroid dienone is 4. The number of phenols is 1. The van der Waals surface area contributed by atoms with Crippen molar-refractivity contribution in [1.82, 2.24) is 4.57 Å². The lowest BCUT2D eigenvalue weighted by molar-refractivity contribution is 0.100. The summed E-state index contributed by atoms with van der Waals surface area (Å²) >= 11 is 0. The van der Waals surface area contributed by atoms with E-state index in [-0.39, 0.29) is 5.75 Å². The van der Waals surface area contributed by atoms with Gasteiger partial charge in [0, 0.05) is 6.07 Å². The summed E-state index contributed by atoms with van der Waals surface area (Å²) in [6.07, 6.45) is 10.9. The van der Waals surface area contributed by atoms with Crippen LogP contribution < -0.4 is 11.5 Å². The van der Waals surface area contributed by atoms with Gasteiger partial charge in [0.2, 0.25) is 0 Å². The Hall–Kier alpha value is -3.21. The Bertz CT molecular complexity index is 1030. The van der Waals surface area contributed by atoms with E-state index < -0.39 is 5.91 Å². The van der Waals surface area contributed by atoms with E-state index >= 15 is 0 Å². The number of nitrogens with two attached hydrogens (primary N) is 2. The molecule has 0 atom stereocenters. The van der Waals surface area contributed by atoms with Gasteiger partial charge < -0.3 is 16.6 Å². The number of primary amides is 1. The molecule has 0 spiro atoms. The Kier molecular flexibility index (Phi) is 5.97. The highest BCUT2D eigenvalue weighted by Gasteiger charge is 2.24. The predicted octanol–water partition coefficient (Wildman–Crippen LogP) is 4.80. The molecule has 0 aliphatic heterocycles. The quantitative estimate of drug-likeness (QED) is 0.591. The molecule has 0 saturated heterocycles. The highest BCUT2D eigenvalue weighted by molar-refractivity contribution is 6.01. The fraction of sp³-hybridized carbons (Fsp3) is 0.292. The number of aryl methyl sites for hydroxylation is 1. The molecule has 1 aromatic heterocycles. The van der Waals surface area contributed by atoms with Crippen LogP contribution in [0.5, 0.6) is 5.75 Å². The maximum Gasteiger partial charge on any atom is 0.252 e. The molecule has 0 unspecified atom stereocenters. The molecular formula is C24H29N3O2. The van der Waals surface area contributed by atoms with Gasteiger partial charge in [-0.15, -0.1) is 0 Å². The zero-order valence-corrected chi connectivity index (χ0v) is 17.2. The van der Waals surface area contributed by atoms with Gasteiger partial charge in [0.15, 0.2) is 0 Å². The molecule has 0 saturated carbocycles. The number of amides is 1. The number of carbonyl (C=O) groups is 1. The first-order valence-electron chi connectivity index (χ1n) is 10.0. The van der Waals surface area contributed by atoms with Gasteiger partial charge in [-0.05, 0) is 67.0 Å². The number of aromatic nitrogens is 1. The monoisotopic (exact) mass is 391 g/mol. The zero-order chi connectivity index (χ0) is 21.1. The second kappa shape index (κ2) is 8.43. The number of hydrogen-bond acceptors (Lipinski definition) is 3. The molecule has 1 aromatic carbocycles. The lowest BCUT2D eigenvalue weighted by atomic mass is 10.0. The third-order valence-corrected chi connectivity index (χ3v) is 5.42. The summed E-state index contributed by atoms with van der Waals surface area (Å²) in [5, 5.41) is 10.0. The Morgan fingerprint density at radius 2 is 2.14 bits per heavy atom. The molecular weight excluding hydrogens is 362 g/mol. The van der Waals surface area contributed by atoms with Gasteiger partial charge in [-0.25, -0.2) is 0 Å². The smallest absolute Gasteiger partial charge is 0.252 e. The summed E-state index contributed by atoms with van der Waals surface area (Å²) in [5.41, 5.74) is 18.0. The van der Waals surface area contributed by atoms with Crippen molar-refractivity contribution in [2.45, 2.75) is 46.0 Å². The summed E-state index contributed by atoms with van der Waals surface area (Å²) in [7, 11) is 0. The number of carbonyl (C=O) groups excluding carboxylic acids is 1. The maximum absolute atomic E-state index is 12.2. The van der Waals surface area contributed by atoms with E-state index in [0.717, 1.165) is 53.8 Å². The second-order valence-electron chi connectivity index (χ2n) is 7.52. The van der Waals surface area contributed by atoms with Gasteiger partial charge >= 0.3 is 0 Å². The fourth-order valence-corrected chi connectivity index (χ4v) is 3.96. The number of benzene rings is 1. The minimum Gasteiger partial charge on any atom is -0.508 e. The van der Waals surface area contributed by atoms with Crippen LogP contribution in [0.4, 0.5) is 5.82 Å². The van der Waals surface area contributed by atoms with Gasteiger partial charge in [0.25, 0.3) is 5.91 Å². The Balaban J connectivity index is 2.23. The number of phenolic OH excluding ortho intramolecular Hbond substituents is 1.